The van der Waals surface area contributed by atoms with E-state index in [2.05, 4.69) is 0 Å². The fourth-order valence-corrected chi connectivity index (χ4v) is 1.50. The van der Waals surface area contributed by atoms with Crippen LogP contribution in [0.1, 0.15) is 14.5 Å². The number of allylic oxidation sites excluding steroid dienone is 1. The van der Waals surface area contributed by atoms with Crippen LogP contribution in [0.4, 0.5) is 0 Å². The van der Waals surface area contributed by atoms with Crippen LogP contribution in [-0.2, 0) is 0 Å². The molecular weight excluding hydrogens is 183 g/mol. The van der Waals surface area contributed by atoms with Gasteiger partial charge in [-0.05, 0) is 25.1 Å². The molecule has 1 aromatic rings. The SMILES string of the molecule is Cc1ccc(C(=O)C=C[O-])s1.[Na+]. The van der Waals surface area contributed by atoms with Gasteiger partial charge in [-0.2, -0.15) is 0 Å². The Kier molecular flexibility index (Phi) is 5.50. The molecule has 0 bridgehead atoms. The number of thiophene rings is 1. The van der Waals surface area contributed by atoms with Crippen molar-refractivity contribution < 1.29 is 39.5 Å². The van der Waals surface area contributed by atoms with Crippen molar-refractivity contribution in [3.05, 3.63) is 34.2 Å². The fourth-order valence-electron chi connectivity index (χ4n) is 0.711. The van der Waals surface area contributed by atoms with Crippen LogP contribution < -0.4 is 34.7 Å². The van der Waals surface area contributed by atoms with E-state index in [1.165, 1.54) is 11.3 Å². The van der Waals surface area contributed by atoms with E-state index in [0.29, 0.717) is 11.1 Å². The summed E-state index contributed by atoms with van der Waals surface area (Å²) in [6.45, 7) is 1.92. The Morgan fingerprint density at radius 2 is 2.25 bits per heavy atom. The maximum absolute atomic E-state index is 11.0. The van der Waals surface area contributed by atoms with Gasteiger partial charge in [-0.15, -0.1) is 17.6 Å². The summed E-state index contributed by atoms with van der Waals surface area (Å²) in [4.78, 5) is 12.7. The molecule has 0 spiro atoms. The molecule has 0 aromatic carbocycles. The Morgan fingerprint density at radius 3 is 2.67 bits per heavy atom. The van der Waals surface area contributed by atoms with E-state index in [9.17, 15) is 9.90 Å². The third-order valence-corrected chi connectivity index (χ3v) is 2.22. The van der Waals surface area contributed by atoms with Gasteiger partial charge in [-0.25, -0.2) is 0 Å². The van der Waals surface area contributed by atoms with E-state index in [1.54, 1.807) is 6.07 Å². The Bertz CT molecular complexity index is 291. The molecule has 0 aliphatic rings. The van der Waals surface area contributed by atoms with Gasteiger partial charge in [0.2, 0.25) is 0 Å². The number of aryl methyl sites for hydroxylation is 1. The van der Waals surface area contributed by atoms with Crippen molar-refractivity contribution in [2.75, 3.05) is 0 Å². The number of carbonyl (C=O) groups excluding carboxylic acids is 1. The standard InChI is InChI=1S/C8H8O2S.Na/c1-6-2-3-8(11-6)7(10)4-5-9;/h2-5,9H,1H3;/q;+1/p-1. The second-order valence-electron chi connectivity index (χ2n) is 2.08. The zero-order valence-electron chi connectivity index (χ0n) is 7.03. The second kappa shape index (κ2) is 5.54. The average molecular weight is 190 g/mol. The summed E-state index contributed by atoms with van der Waals surface area (Å²) in [5.74, 6) is -0.210. The van der Waals surface area contributed by atoms with Crippen LogP contribution >= 0.6 is 11.3 Å². The number of rotatable bonds is 2. The Balaban J connectivity index is 0.00000121. The van der Waals surface area contributed by atoms with Crippen molar-refractivity contribution in [3.8, 4) is 0 Å². The Morgan fingerprint density at radius 1 is 1.58 bits per heavy atom. The first kappa shape index (κ1) is 11.9. The van der Waals surface area contributed by atoms with Crippen molar-refractivity contribution in [2.45, 2.75) is 6.92 Å². The van der Waals surface area contributed by atoms with Gasteiger partial charge in [-0.1, -0.05) is 0 Å². The molecule has 0 radical (unpaired) electrons. The number of ketones is 1. The summed E-state index contributed by atoms with van der Waals surface area (Å²) in [6, 6.07) is 3.58. The summed E-state index contributed by atoms with van der Waals surface area (Å²) in [5, 5.41) is 9.92. The van der Waals surface area contributed by atoms with Gasteiger partial charge in [0.1, 0.15) is 0 Å². The van der Waals surface area contributed by atoms with E-state index < -0.39 is 0 Å². The Hall–Kier alpha value is -0.0900. The topological polar surface area (TPSA) is 40.1 Å². The first-order chi connectivity index (χ1) is 5.24. The third kappa shape index (κ3) is 3.11. The molecule has 0 fully saturated rings. The molecule has 12 heavy (non-hydrogen) atoms. The Labute approximate surface area is 97.2 Å². The zero-order chi connectivity index (χ0) is 8.27. The zero-order valence-corrected chi connectivity index (χ0v) is 9.85. The summed E-state index contributed by atoms with van der Waals surface area (Å²) >= 11 is 1.40. The van der Waals surface area contributed by atoms with Crippen LogP contribution in [0.25, 0.3) is 0 Å². The molecule has 0 saturated heterocycles. The number of carbonyl (C=O) groups is 1. The van der Waals surface area contributed by atoms with Gasteiger partial charge < -0.3 is 5.11 Å². The van der Waals surface area contributed by atoms with Crippen LogP contribution in [0, 0.1) is 6.92 Å². The first-order valence-electron chi connectivity index (χ1n) is 3.13. The summed E-state index contributed by atoms with van der Waals surface area (Å²) < 4.78 is 0. The van der Waals surface area contributed by atoms with Gasteiger partial charge in [0, 0.05) is 4.88 Å². The molecule has 58 valence electrons. The minimum atomic E-state index is -0.210. The second-order valence-corrected chi connectivity index (χ2v) is 3.37. The molecule has 1 aromatic heterocycles. The maximum Gasteiger partial charge on any atom is 1.00 e. The molecule has 0 aliphatic heterocycles. The van der Waals surface area contributed by atoms with E-state index in [1.807, 2.05) is 13.0 Å². The predicted molar refractivity (Wildman–Crippen MR) is 42.5 cm³/mol. The predicted octanol–water partition coefficient (Wildman–Crippen LogP) is -1.88. The summed E-state index contributed by atoms with van der Waals surface area (Å²) in [7, 11) is 0. The van der Waals surface area contributed by atoms with Gasteiger partial charge in [-0.3, -0.25) is 4.79 Å². The molecule has 0 saturated carbocycles. The number of hydrogen-bond acceptors (Lipinski definition) is 3. The van der Waals surface area contributed by atoms with Crippen LogP contribution in [-0.4, -0.2) is 5.78 Å². The van der Waals surface area contributed by atoms with E-state index >= 15 is 0 Å². The number of hydrogen-bond donors (Lipinski definition) is 0. The van der Waals surface area contributed by atoms with Crippen LogP contribution in [0.2, 0.25) is 0 Å². The van der Waals surface area contributed by atoms with Gasteiger partial charge in [0.05, 0.1) is 4.88 Å². The molecule has 0 N–H and O–H groups in total. The van der Waals surface area contributed by atoms with E-state index in [-0.39, 0.29) is 35.3 Å². The smallest absolute Gasteiger partial charge is 0.878 e. The van der Waals surface area contributed by atoms with Gasteiger partial charge in [0.25, 0.3) is 0 Å². The summed E-state index contributed by atoms with van der Waals surface area (Å²) in [5.41, 5.74) is 0. The van der Waals surface area contributed by atoms with Crippen LogP contribution in [0.15, 0.2) is 24.5 Å². The normalized spacial score (nSPS) is 9.75. The quantitative estimate of drug-likeness (QED) is 0.237. The van der Waals surface area contributed by atoms with E-state index in [0.717, 1.165) is 11.0 Å². The molecule has 0 atom stereocenters. The molecule has 0 aliphatic carbocycles. The van der Waals surface area contributed by atoms with Crippen molar-refractivity contribution >= 4 is 17.1 Å². The molecule has 0 unspecified atom stereocenters. The minimum absolute atomic E-state index is 0. The summed E-state index contributed by atoms with van der Waals surface area (Å²) in [6.07, 6.45) is 1.54. The first-order valence-corrected chi connectivity index (χ1v) is 3.95. The third-order valence-electron chi connectivity index (χ3n) is 1.20. The van der Waals surface area contributed by atoms with Crippen LogP contribution in [0.5, 0.6) is 0 Å². The largest absolute Gasteiger partial charge is 1.00 e. The van der Waals surface area contributed by atoms with Crippen molar-refractivity contribution in [1.82, 2.24) is 0 Å². The van der Waals surface area contributed by atoms with Crippen molar-refractivity contribution in [3.63, 3.8) is 0 Å². The molecule has 0 amide bonds. The van der Waals surface area contributed by atoms with E-state index in [4.69, 9.17) is 0 Å². The van der Waals surface area contributed by atoms with Crippen molar-refractivity contribution in [2.24, 2.45) is 0 Å². The monoisotopic (exact) mass is 190 g/mol. The van der Waals surface area contributed by atoms with Gasteiger partial charge in [0.15, 0.2) is 5.78 Å². The maximum atomic E-state index is 11.0. The molecule has 4 heteroatoms. The average Bonchev–Trinajstić information content (AvgIpc) is 2.36. The molecule has 1 rings (SSSR count). The van der Waals surface area contributed by atoms with Crippen LogP contribution in [0.3, 0.4) is 0 Å². The van der Waals surface area contributed by atoms with Crippen molar-refractivity contribution in [1.29, 1.82) is 0 Å². The molecule has 2 nitrogen and oxygen atoms in total. The minimum Gasteiger partial charge on any atom is -0.878 e. The molecule has 1 heterocycles. The van der Waals surface area contributed by atoms with Gasteiger partial charge >= 0.3 is 29.6 Å². The fraction of sp³-hybridized carbons (Fsp3) is 0.125. The molecular formula is C8H7NaO2S.